The van der Waals surface area contributed by atoms with Crippen LogP contribution in [0.1, 0.15) is 27.7 Å². The standard InChI is InChI=1S/C17H24N4O2S/c1-5-20(6-2)15(22)17(16(23)21(7-3)8-4)19-18-13-11-9-10-12-14(13)24-17/h9-12H,5-8H2,1-4H3. The lowest BCUT2D eigenvalue weighted by molar-refractivity contribution is -0.144. The molecule has 2 rings (SSSR count). The minimum absolute atomic E-state index is 0.298. The van der Waals surface area contributed by atoms with Gasteiger partial charge >= 0.3 is 0 Å². The Kier molecular flexibility index (Phi) is 5.99. The highest BCUT2D eigenvalue weighted by atomic mass is 32.2. The topological polar surface area (TPSA) is 65.3 Å². The van der Waals surface area contributed by atoms with Crippen LogP contribution in [0.3, 0.4) is 0 Å². The van der Waals surface area contributed by atoms with Crippen molar-refractivity contribution in [2.45, 2.75) is 37.5 Å². The second-order valence-electron chi connectivity index (χ2n) is 5.37. The summed E-state index contributed by atoms with van der Waals surface area (Å²) < 4.78 is 0. The molecule has 0 fully saturated rings. The van der Waals surface area contributed by atoms with Gasteiger partial charge in [-0.3, -0.25) is 9.59 Å². The number of benzene rings is 1. The summed E-state index contributed by atoms with van der Waals surface area (Å²) in [7, 11) is 0. The Labute approximate surface area is 147 Å². The smallest absolute Gasteiger partial charge is 0.287 e. The number of azo groups is 1. The highest BCUT2D eigenvalue weighted by molar-refractivity contribution is 8.02. The van der Waals surface area contributed by atoms with Crippen LogP contribution in [0.15, 0.2) is 39.4 Å². The molecule has 2 amide bonds. The van der Waals surface area contributed by atoms with Crippen molar-refractivity contribution in [3.63, 3.8) is 0 Å². The average Bonchev–Trinajstić information content (AvgIpc) is 2.63. The van der Waals surface area contributed by atoms with Crippen molar-refractivity contribution in [3.8, 4) is 0 Å². The molecule has 0 bridgehead atoms. The third kappa shape index (κ3) is 3.17. The van der Waals surface area contributed by atoms with E-state index in [-0.39, 0.29) is 11.8 Å². The van der Waals surface area contributed by atoms with E-state index in [1.807, 2.05) is 52.0 Å². The minimum atomic E-state index is -1.56. The van der Waals surface area contributed by atoms with Crippen molar-refractivity contribution in [1.29, 1.82) is 0 Å². The van der Waals surface area contributed by atoms with E-state index in [1.54, 1.807) is 9.80 Å². The number of hydrogen-bond acceptors (Lipinski definition) is 5. The molecule has 1 aliphatic heterocycles. The summed E-state index contributed by atoms with van der Waals surface area (Å²) in [6.45, 7) is 9.71. The number of amides is 2. The molecule has 1 aliphatic rings. The molecular weight excluding hydrogens is 324 g/mol. The maximum atomic E-state index is 13.2. The maximum absolute atomic E-state index is 13.2. The molecule has 1 heterocycles. The summed E-state index contributed by atoms with van der Waals surface area (Å²) >= 11 is 1.20. The normalized spacial score (nSPS) is 14.8. The quantitative estimate of drug-likeness (QED) is 0.741. The van der Waals surface area contributed by atoms with Crippen LogP contribution in [-0.2, 0) is 9.59 Å². The van der Waals surface area contributed by atoms with Crippen LogP contribution in [0.2, 0.25) is 0 Å². The van der Waals surface area contributed by atoms with Gasteiger partial charge in [-0.25, -0.2) is 0 Å². The monoisotopic (exact) mass is 348 g/mol. The third-order valence-electron chi connectivity index (χ3n) is 4.10. The Hall–Kier alpha value is -1.89. The first-order chi connectivity index (χ1) is 11.5. The van der Waals surface area contributed by atoms with E-state index >= 15 is 0 Å². The summed E-state index contributed by atoms with van der Waals surface area (Å²) in [4.78, 5) is 28.9. The summed E-state index contributed by atoms with van der Waals surface area (Å²) in [5.74, 6) is -0.597. The van der Waals surface area contributed by atoms with Crippen molar-refractivity contribution >= 4 is 29.3 Å². The molecule has 0 aromatic heterocycles. The summed E-state index contributed by atoms with van der Waals surface area (Å²) in [6.07, 6.45) is 0. The van der Waals surface area contributed by atoms with Gasteiger partial charge in [0.15, 0.2) is 0 Å². The van der Waals surface area contributed by atoms with Gasteiger partial charge in [-0.1, -0.05) is 23.9 Å². The molecule has 0 saturated carbocycles. The average molecular weight is 348 g/mol. The van der Waals surface area contributed by atoms with Crippen molar-refractivity contribution in [2.75, 3.05) is 26.2 Å². The van der Waals surface area contributed by atoms with Crippen LogP contribution < -0.4 is 0 Å². The third-order valence-corrected chi connectivity index (χ3v) is 5.39. The van der Waals surface area contributed by atoms with Crippen molar-refractivity contribution in [1.82, 2.24) is 9.80 Å². The van der Waals surface area contributed by atoms with Gasteiger partial charge in [0.1, 0.15) is 0 Å². The zero-order valence-corrected chi connectivity index (χ0v) is 15.5. The fourth-order valence-electron chi connectivity index (χ4n) is 2.64. The minimum Gasteiger partial charge on any atom is -0.340 e. The molecule has 6 nitrogen and oxygen atoms in total. The van der Waals surface area contributed by atoms with E-state index < -0.39 is 4.87 Å². The Bertz CT molecular complexity index is 615. The molecule has 0 aliphatic carbocycles. The van der Waals surface area contributed by atoms with Gasteiger partial charge < -0.3 is 9.80 Å². The summed E-state index contributed by atoms with van der Waals surface area (Å²) in [5, 5.41) is 8.44. The first kappa shape index (κ1) is 18.4. The van der Waals surface area contributed by atoms with Crippen LogP contribution in [-0.4, -0.2) is 52.7 Å². The Morgan fingerprint density at radius 2 is 1.46 bits per heavy atom. The predicted octanol–water partition coefficient (Wildman–Crippen LogP) is 3.31. The summed E-state index contributed by atoms with van der Waals surface area (Å²) in [6, 6.07) is 7.45. The van der Waals surface area contributed by atoms with E-state index in [1.165, 1.54) is 11.8 Å². The Balaban J connectivity index is 2.52. The van der Waals surface area contributed by atoms with E-state index in [2.05, 4.69) is 10.2 Å². The highest BCUT2D eigenvalue weighted by Crippen LogP contribution is 2.46. The zero-order valence-electron chi connectivity index (χ0n) is 14.7. The lowest BCUT2D eigenvalue weighted by Crippen LogP contribution is -2.56. The van der Waals surface area contributed by atoms with Gasteiger partial charge in [-0.05, 0) is 39.8 Å². The number of carbonyl (C=O) groups is 2. The molecule has 130 valence electrons. The number of carbonyl (C=O) groups excluding carboxylic acids is 2. The molecule has 0 spiro atoms. The van der Waals surface area contributed by atoms with Crippen LogP contribution in [0.5, 0.6) is 0 Å². The molecular formula is C17H24N4O2S. The van der Waals surface area contributed by atoms with E-state index in [0.29, 0.717) is 31.9 Å². The van der Waals surface area contributed by atoms with Gasteiger partial charge in [0.2, 0.25) is 0 Å². The zero-order chi connectivity index (χ0) is 17.7. The number of likely N-dealkylation sites (N-methyl/N-ethyl adjacent to an activating group) is 2. The SMILES string of the molecule is CCN(CC)C(=O)C1(C(=O)N(CC)CC)N=Nc2ccccc2S1. The van der Waals surface area contributed by atoms with Gasteiger partial charge in [-0.15, -0.1) is 5.11 Å². The molecule has 0 atom stereocenters. The van der Waals surface area contributed by atoms with Gasteiger partial charge in [-0.2, -0.15) is 5.11 Å². The Morgan fingerprint density at radius 1 is 0.958 bits per heavy atom. The fourth-order valence-corrected chi connectivity index (χ4v) is 3.84. The summed E-state index contributed by atoms with van der Waals surface area (Å²) in [5.41, 5.74) is 0.692. The molecule has 1 aromatic rings. The molecule has 1 aromatic carbocycles. The van der Waals surface area contributed by atoms with Crippen LogP contribution >= 0.6 is 11.8 Å². The number of nitrogens with zero attached hydrogens (tertiary/aromatic N) is 4. The molecule has 0 radical (unpaired) electrons. The van der Waals surface area contributed by atoms with Gasteiger partial charge in [0, 0.05) is 31.1 Å². The maximum Gasteiger partial charge on any atom is 0.287 e. The highest BCUT2D eigenvalue weighted by Gasteiger charge is 2.53. The predicted molar refractivity (Wildman–Crippen MR) is 95.4 cm³/mol. The first-order valence-corrected chi connectivity index (χ1v) is 9.15. The van der Waals surface area contributed by atoms with Gasteiger partial charge in [0.25, 0.3) is 16.7 Å². The van der Waals surface area contributed by atoms with E-state index in [4.69, 9.17) is 0 Å². The molecule has 0 saturated heterocycles. The molecule has 0 N–H and O–H groups in total. The molecule has 7 heteroatoms. The van der Waals surface area contributed by atoms with Crippen molar-refractivity contribution in [3.05, 3.63) is 24.3 Å². The van der Waals surface area contributed by atoms with Gasteiger partial charge in [0.05, 0.1) is 5.69 Å². The lowest BCUT2D eigenvalue weighted by atomic mass is 10.2. The van der Waals surface area contributed by atoms with Crippen molar-refractivity contribution in [2.24, 2.45) is 10.2 Å². The molecule has 0 unspecified atom stereocenters. The number of hydrogen-bond donors (Lipinski definition) is 0. The number of rotatable bonds is 6. The van der Waals surface area contributed by atoms with Crippen LogP contribution in [0.25, 0.3) is 0 Å². The Morgan fingerprint density at radius 3 is 1.96 bits per heavy atom. The van der Waals surface area contributed by atoms with Crippen molar-refractivity contribution < 1.29 is 9.59 Å². The number of thioether (sulfide) groups is 1. The molecule has 24 heavy (non-hydrogen) atoms. The second-order valence-corrected chi connectivity index (χ2v) is 6.60. The largest absolute Gasteiger partial charge is 0.340 e. The lowest BCUT2D eigenvalue weighted by Gasteiger charge is -2.35. The first-order valence-electron chi connectivity index (χ1n) is 8.33. The second kappa shape index (κ2) is 7.79. The van der Waals surface area contributed by atoms with E-state index in [0.717, 1.165) is 4.90 Å². The number of fused-ring (bicyclic) bond motifs is 1. The fraction of sp³-hybridized carbons (Fsp3) is 0.529. The van der Waals surface area contributed by atoms with Crippen LogP contribution in [0.4, 0.5) is 5.69 Å². The van der Waals surface area contributed by atoms with Crippen LogP contribution in [0, 0.1) is 0 Å². The van der Waals surface area contributed by atoms with E-state index in [9.17, 15) is 9.59 Å².